The summed E-state index contributed by atoms with van der Waals surface area (Å²) < 4.78 is 1.85. The van der Waals surface area contributed by atoms with Crippen LogP contribution in [0.1, 0.15) is 29.4 Å². The van der Waals surface area contributed by atoms with E-state index in [1.807, 2.05) is 48.9 Å². The van der Waals surface area contributed by atoms with Crippen molar-refractivity contribution < 1.29 is 9.59 Å². The van der Waals surface area contributed by atoms with Crippen molar-refractivity contribution in [1.29, 1.82) is 0 Å². The first-order valence-corrected chi connectivity index (χ1v) is 6.63. The Labute approximate surface area is 118 Å². The molecule has 0 radical (unpaired) electrons. The third-order valence-corrected chi connectivity index (χ3v) is 3.37. The SMILES string of the molecule is CCC(=O)NCc1ccccc1-c1ccc(C=O)n1C. The van der Waals surface area contributed by atoms with Gasteiger partial charge in [-0.1, -0.05) is 31.2 Å². The van der Waals surface area contributed by atoms with E-state index >= 15 is 0 Å². The van der Waals surface area contributed by atoms with E-state index in [2.05, 4.69) is 5.32 Å². The Morgan fingerprint density at radius 2 is 2.00 bits per heavy atom. The number of carbonyl (C=O) groups is 2. The summed E-state index contributed by atoms with van der Waals surface area (Å²) in [4.78, 5) is 22.3. The molecule has 0 unspecified atom stereocenters. The Hall–Kier alpha value is -2.36. The molecule has 0 atom stereocenters. The molecule has 0 fully saturated rings. The van der Waals surface area contributed by atoms with Gasteiger partial charge in [0, 0.05) is 31.3 Å². The maximum Gasteiger partial charge on any atom is 0.219 e. The second-order valence-electron chi connectivity index (χ2n) is 4.61. The van der Waals surface area contributed by atoms with E-state index in [0.29, 0.717) is 18.7 Å². The zero-order valence-electron chi connectivity index (χ0n) is 11.7. The fraction of sp³-hybridized carbons (Fsp3) is 0.250. The molecule has 4 heteroatoms. The van der Waals surface area contributed by atoms with Gasteiger partial charge < -0.3 is 9.88 Å². The molecule has 0 aliphatic carbocycles. The lowest BCUT2D eigenvalue weighted by Crippen LogP contribution is -2.21. The smallest absolute Gasteiger partial charge is 0.219 e. The molecular formula is C16H18N2O2. The number of rotatable bonds is 5. The van der Waals surface area contributed by atoms with Gasteiger partial charge in [-0.25, -0.2) is 0 Å². The van der Waals surface area contributed by atoms with Gasteiger partial charge in [0.05, 0.1) is 5.69 Å². The maximum atomic E-state index is 11.4. The highest BCUT2D eigenvalue weighted by Gasteiger charge is 2.10. The number of benzene rings is 1. The summed E-state index contributed by atoms with van der Waals surface area (Å²) in [5.41, 5.74) is 3.66. The number of amides is 1. The van der Waals surface area contributed by atoms with E-state index in [0.717, 1.165) is 23.1 Å². The van der Waals surface area contributed by atoms with E-state index in [1.54, 1.807) is 6.07 Å². The van der Waals surface area contributed by atoms with Crippen LogP contribution < -0.4 is 5.32 Å². The number of nitrogens with zero attached hydrogens (tertiary/aromatic N) is 1. The van der Waals surface area contributed by atoms with Gasteiger partial charge in [0.2, 0.25) is 5.91 Å². The van der Waals surface area contributed by atoms with Gasteiger partial charge in [-0.05, 0) is 17.7 Å². The highest BCUT2D eigenvalue weighted by atomic mass is 16.1. The third kappa shape index (κ3) is 2.79. The van der Waals surface area contributed by atoms with Crippen molar-refractivity contribution in [3.05, 3.63) is 47.7 Å². The molecule has 20 heavy (non-hydrogen) atoms. The van der Waals surface area contributed by atoms with Crippen molar-refractivity contribution in [2.45, 2.75) is 19.9 Å². The van der Waals surface area contributed by atoms with Crippen LogP contribution in [-0.2, 0) is 18.4 Å². The van der Waals surface area contributed by atoms with Crippen LogP contribution in [0.15, 0.2) is 36.4 Å². The predicted molar refractivity (Wildman–Crippen MR) is 78.4 cm³/mol. The average molecular weight is 270 g/mol. The van der Waals surface area contributed by atoms with Crippen LogP contribution in [0, 0.1) is 0 Å². The molecule has 1 aromatic carbocycles. The quantitative estimate of drug-likeness (QED) is 0.849. The van der Waals surface area contributed by atoms with Crippen LogP contribution in [0.25, 0.3) is 11.3 Å². The predicted octanol–water partition coefficient (Wildman–Crippen LogP) is 2.53. The number of aromatic nitrogens is 1. The monoisotopic (exact) mass is 270 g/mol. The Bertz CT molecular complexity index is 629. The summed E-state index contributed by atoms with van der Waals surface area (Å²) in [5.74, 6) is 0.0280. The van der Waals surface area contributed by atoms with E-state index in [-0.39, 0.29) is 5.91 Å². The first kappa shape index (κ1) is 14.1. The summed E-state index contributed by atoms with van der Waals surface area (Å²) in [6.45, 7) is 2.32. The van der Waals surface area contributed by atoms with Crippen LogP contribution in [0.4, 0.5) is 0 Å². The number of hydrogen-bond donors (Lipinski definition) is 1. The molecular weight excluding hydrogens is 252 g/mol. The normalized spacial score (nSPS) is 10.3. The highest BCUT2D eigenvalue weighted by Crippen LogP contribution is 2.25. The lowest BCUT2D eigenvalue weighted by atomic mass is 10.0. The lowest BCUT2D eigenvalue weighted by Gasteiger charge is -2.12. The molecule has 1 amide bonds. The van der Waals surface area contributed by atoms with E-state index in [1.165, 1.54) is 0 Å². The van der Waals surface area contributed by atoms with Crippen molar-refractivity contribution in [3.8, 4) is 11.3 Å². The van der Waals surface area contributed by atoms with E-state index in [9.17, 15) is 9.59 Å². The maximum absolute atomic E-state index is 11.4. The summed E-state index contributed by atoms with van der Waals surface area (Å²) in [7, 11) is 1.86. The largest absolute Gasteiger partial charge is 0.352 e. The van der Waals surface area contributed by atoms with E-state index < -0.39 is 0 Å². The Morgan fingerprint density at radius 3 is 2.65 bits per heavy atom. The number of hydrogen-bond acceptors (Lipinski definition) is 2. The first-order valence-electron chi connectivity index (χ1n) is 6.63. The molecule has 0 bridgehead atoms. The van der Waals surface area contributed by atoms with Gasteiger partial charge >= 0.3 is 0 Å². The second-order valence-corrected chi connectivity index (χ2v) is 4.61. The van der Waals surface area contributed by atoms with Gasteiger partial charge in [-0.2, -0.15) is 0 Å². The zero-order chi connectivity index (χ0) is 14.5. The van der Waals surface area contributed by atoms with Gasteiger partial charge in [-0.3, -0.25) is 9.59 Å². The Balaban J connectivity index is 2.34. The molecule has 104 valence electrons. The second kappa shape index (κ2) is 6.19. The number of aldehydes is 1. The van der Waals surface area contributed by atoms with Gasteiger partial charge in [0.15, 0.2) is 6.29 Å². The molecule has 0 saturated heterocycles. The molecule has 0 aliphatic heterocycles. The molecule has 4 nitrogen and oxygen atoms in total. The zero-order valence-corrected chi connectivity index (χ0v) is 11.7. The van der Waals surface area contributed by atoms with Crippen molar-refractivity contribution in [1.82, 2.24) is 9.88 Å². The fourth-order valence-corrected chi connectivity index (χ4v) is 2.16. The molecule has 2 rings (SSSR count). The van der Waals surface area contributed by atoms with Crippen molar-refractivity contribution in [3.63, 3.8) is 0 Å². The summed E-state index contributed by atoms with van der Waals surface area (Å²) >= 11 is 0. The van der Waals surface area contributed by atoms with Gasteiger partial charge in [0.25, 0.3) is 0 Å². The lowest BCUT2D eigenvalue weighted by molar-refractivity contribution is -0.120. The van der Waals surface area contributed by atoms with Crippen LogP contribution >= 0.6 is 0 Å². The van der Waals surface area contributed by atoms with E-state index in [4.69, 9.17) is 0 Å². The minimum absolute atomic E-state index is 0.0280. The van der Waals surface area contributed by atoms with Gasteiger partial charge in [0.1, 0.15) is 0 Å². The Morgan fingerprint density at radius 1 is 1.25 bits per heavy atom. The number of carbonyl (C=O) groups excluding carboxylic acids is 2. The Kier molecular flexibility index (Phi) is 4.35. The molecule has 0 aliphatic rings. The fourth-order valence-electron chi connectivity index (χ4n) is 2.16. The molecule has 1 N–H and O–H groups in total. The molecule has 0 saturated carbocycles. The molecule has 1 aromatic heterocycles. The molecule has 0 spiro atoms. The standard InChI is InChI=1S/C16H18N2O2/c1-3-16(20)17-10-12-6-4-5-7-14(12)15-9-8-13(11-19)18(15)2/h4-9,11H,3,10H2,1-2H3,(H,17,20). The molecule has 1 heterocycles. The first-order chi connectivity index (χ1) is 9.67. The van der Waals surface area contributed by atoms with Crippen LogP contribution in [0.2, 0.25) is 0 Å². The van der Waals surface area contributed by atoms with Crippen molar-refractivity contribution in [2.75, 3.05) is 0 Å². The van der Waals surface area contributed by atoms with Crippen molar-refractivity contribution in [2.24, 2.45) is 7.05 Å². The third-order valence-electron chi connectivity index (χ3n) is 3.37. The van der Waals surface area contributed by atoms with Crippen molar-refractivity contribution >= 4 is 12.2 Å². The minimum Gasteiger partial charge on any atom is -0.352 e. The van der Waals surface area contributed by atoms with Crippen LogP contribution in [-0.4, -0.2) is 16.8 Å². The summed E-state index contributed by atoms with van der Waals surface area (Å²) in [6, 6.07) is 11.6. The minimum atomic E-state index is 0.0280. The van der Waals surface area contributed by atoms with Crippen LogP contribution in [0.3, 0.4) is 0 Å². The highest BCUT2D eigenvalue weighted by molar-refractivity contribution is 5.78. The molecule has 2 aromatic rings. The van der Waals surface area contributed by atoms with Crippen LogP contribution in [0.5, 0.6) is 0 Å². The number of nitrogens with one attached hydrogen (secondary N) is 1. The van der Waals surface area contributed by atoms with Gasteiger partial charge in [-0.15, -0.1) is 0 Å². The topological polar surface area (TPSA) is 51.1 Å². The summed E-state index contributed by atoms with van der Waals surface area (Å²) in [6.07, 6.45) is 1.31. The average Bonchev–Trinajstić information content (AvgIpc) is 2.85. The summed E-state index contributed by atoms with van der Waals surface area (Å²) in [5, 5.41) is 2.88.